The molecule has 0 aliphatic carbocycles. The van der Waals surface area contributed by atoms with Crippen LogP contribution in [0.5, 0.6) is 0 Å². The van der Waals surface area contributed by atoms with Gasteiger partial charge in [-0.3, -0.25) is 9.59 Å². The van der Waals surface area contributed by atoms with Gasteiger partial charge in [-0.05, 0) is 12.3 Å². The van der Waals surface area contributed by atoms with Gasteiger partial charge in [-0.15, -0.1) is 0 Å². The van der Waals surface area contributed by atoms with Crippen LogP contribution in [0.2, 0.25) is 0 Å². The highest BCUT2D eigenvalue weighted by Crippen LogP contribution is 2.20. The van der Waals surface area contributed by atoms with Crippen molar-refractivity contribution >= 4 is 17.7 Å². The number of hydrogen-bond acceptors (Lipinski definition) is 7. The van der Waals surface area contributed by atoms with Gasteiger partial charge < -0.3 is 19.7 Å². The van der Waals surface area contributed by atoms with E-state index in [2.05, 4.69) is 13.8 Å². The SMILES string of the molecule is CC(C)CCCCCCCCCCCCCCC(=O)OC1C(=O)C(=O)O[C@@H]1[C@@H](O)CO. The number of rotatable bonds is 18. The number of hydrogen-bond donors (Lipinski definition) is 2. The van der Waals surface area contributed by atoms with E-state index in [0.717, 1.165) is 25.2 Å². The number of ketones is 1. The smallest absolute Gasteiger partial charge is 0.379 e. The molecule has 7 nitrogen and oxygen atoms in total. The summed E-state index contributed by atoms with van der Waals surface area (Å²) in [6.07, 6.45) is 11.5. The summed E-state index contributed by atoms with van der Waals surface area (Å²) in [5.41, 5.74) is 0. The highest BCUT2D eigenvalue weighted by Gasteiger charge is 2.49. The Morgan fingerprint density at radius 2 is 1.39 bits per heavy atom. The number of esters is 2. The molecule has 1 heterocycles. The highest BCUT2D eigenvalue weighted by atomic mass is 16.6. The lowest BCUT2D eigenvalue weighted by Crippen LogP contribution is -2.41. The second-order valence-corrected chi connectivity index (χ2v) is 9.07. The first-order valence-electron chi connectivity index (χ1n) is 12.1. The maximum Gasteiger partial charge on any atom is 0.379 e. The fourth-order valence-corrected chi connectivity index (χ4v) is 3.80. The average Bonchev–Trinajstić information content (AvgIpc) is 3.01. The number of cyclic esters (lactones) is 1. The summed E-state index contributed by atoms with van der Waals surface area (Å²) in [4.78, 5) is 35.0. The third kappa shape index (κ3) is 11.6. The Labute approximate surface area is 186 Å². The van der Waals surface area contributed by atoms with Crippen LogP contribution in [-0.4, -0.2) is 52.9 Å². The van der Waals surface area contributed by atoms with Crippen molar-refractivity contribution in [3.63, 3.8) is 0 Å². The number of carbonyl (C=O) groups excluding carboxylic acids is 3. The predicted octanol–water partition coefficient (Wildman–Crippen LogP) is 3.86. The van der Waals surface area contributed by atoms with E-state index in [9.17, 15) is 19.5 Å². The molecular formula is C24H42O7. The van der Waals surface area contributed by atoms with Crippen molar-refractivity contribution < 1.29 is 34.1 Å². The zero-order valence-electron chi connectivity index (χ0n) is 19.4. The van der Waals surface area contributed by atoms with Crippen LogP contribution in [0.15, 0.2) is 0 Å². The Morgan fingerprint density at radius 1 is 0.903 bits per heavy atom. The number of aliphatic hydroxyl groups is 2. The van der Waals surface area contributed by atoms with Crippen molar-refractivity contribution in [1.82, 2.24) is 0 Å². The molecule has 0 radical (unpaired) electrons. The summed E-state index contributed by atoms with van der Waals surface area (Å²) in [5.74, 6) is -1.93. The summed E-state index contributed by atoms with van der Waals surface area (Å²) >= 11 is 0. The van der Waals surface area contributed by atoms with Gasteiger partial charge in [0.15, 0.2) is 6.10 Å². The summed E-state index contributed by atoms with van der Waals surface area (Å²) in [7, 11) is 0. The van der Waals surface area contributed by atoms with E-state index in [1.807, 2.05) is 0 Å². The molecule has 1 rings (SSSR count). The van der Waals surface area contributed by atoms with Crippen LogP contribution in [-0.2, 0) is 23.9 Å². The molecule has 0 bridgehead atoms. The topological polar surface area (TPSA) is 110 Å². The van der Waals surface area contributed by atoms with Crippen molar-refractivity contribution in [2.24, 2.45) is 5.92 Å². The third-order valence-electron chi connectivity index (χ3n) is 5.74. The minimum Gasteiger partial charge on any atom is -0.450 e. The molecule has 1 aliphatic heterocycles. The minimum atomic E-state index is -1.47. The van der Waals surface area contributed by atoms with Gasteiger partial charge in [-0.25, -0.2) is 4.79 Å². The largest absolute Gasteiger partial charge is 0.450 e. The summed E-state index contributed by atoms with van der Waals surface area (Å²) in [6, 6.07) is 0. The number of Topliss-reactive ketones (excluding diaryl/α,β-unsaturated/α-hetero) is 1. The first-order chi connectivity index (χ1) is 14.9. The quantitative estimate of drug-likeness (QED) is 0.188. The van der Waals surface area contributed by atoms with Crippen molar-refractivity contribution in [2.45, 2.75) is 122 Å². The molecule has 0 aromatic rings. The number of aliphatic hydroxyl groups excluding tert-OH is 2. The molecule has 180 valence electrons. The van der Waals surface area contributed by atoms with Crippen LogP contribution in [0.3, 0.4) is 0 Å². The van der Waals surface area contributed by atoms with E-state index in [1.165, 1.54) is 57.8 Å². The van der Waals surface area contributed by atoms with E-state index in [-0.39, 0.29) is 6.42 Å². The molecule has 3 atom stereocenters. The van der Waals surface area contributed by atoms with E-state index >= 15 is 0 Å². The molecule has 1 fully saturated rings. The van der Waals surface area contributed by atoms with Crippen LogP contribution in [0.1, 0.15) is 104 Å². The van der Waals surface area contributed by atoms with Crippen molar-refractivity contribution in [3.8, 4) is 0 Å². The second-order valence-electron chi connectivity index (χ2n) is 9.07. The monoisotopic (exact) mass is 442 g/mol. The summed E-state index contributed by atoms with van der Waals surface area (Å²) in [5, 5.41) is 18.6. The maximum atomic E-state index is 12.0. The fourth-order valence-electron chi connectivity index (χ4n) is 3.80. The van der Waals surface area contributed by atoms with E-state index in [0.29, 0.717) is 6.42 Å². The van der Waals surface area contributed by atoms with Crippen molar-refractivity contribution in [3.05, 3.63) is 0 Å². The number of ether oxygens (including phenoxy) is 2. The highest BCUT2D eigenvalue weighted by molar-refractivity contribution is 6.37. The molecule has 0 amide bonds. The maximum absolute atomic E-state index is 12.0. The first-order valence-corrected chi connectivity index (χ1v) is 12.1. The lowest BCUT2D eigenvalue weighted by Gasteiger charge is -2.20. The molecular weight excluding hydrogens is 400 g/mol. The third-order valence-corrected chi connectivity index (χ3v) is 5.74. The second kappa shape index (κ2) is 16.2. The van der Waals surface area contributed by atoms with Gasteiger partial charge in [0.25, 0.3) is 5.78 Å². The van der Waals surface area contributed by atoms with Gasteiger partial charge in [-0.2, -0.15) is 0 Å². The van der Waals surface area contributed by atoms with Crippen LogP contribution >= 0.6 is 0 Å². The number of carbonyl (C=O) groups is 3. The average molecular weight is 443 g/mol. The van der Waals surface area contributed by atoms with Gasteiger partial charge >= 0.3 is 11.9 Å². The number of unbranched alkanes of at least 4 members (excludes halogenated alkanes) is 11. The van der Waals surface area contributed by atoms with Gasteiger partial charge in [0, 0.05) is 6.42 Å². The Morgan fingerprint density at radius 3 is 1.87 bits per heavy atom. The zero-order valence-corrected chi connectivity index (χ0v) is 19.4. The molecule has 0 spiro atoms. The van der Waals surface area contributed by atoms with Crippen LogP contribution in [0.25, 0.3) is 0 Å². The van der Waals surface area contributed by atoms with E-state index < -0.39 is 42.6 Å². The molecule has 0 aromatic heterocycles. The van der Waals surface area contributed by atoms with Crippen LogP contribution < -0.4 is 0 Å². The van der Waals surface area contributed by atoms with Gasteiger partial charge in [0.05, 0.1) is 6.61 Å². The lowest BCUT2D eigenvalue weighted by atomic mass is 10.0. The van der Waals surface area contributed by atoms with Gasteiger partial charge in [-0.1, -0.05) is 90.9 Å². The normalized spacial score (nSPS) is 19.6. The summed E-state index contributed by atoms with van der Waals surface area (Å²) in [6.45, 7) is 3.87. The van der Waals surface area contributed by atoms with Gasteiger partial charge in [0.1, 0.15) is 6.10 Å². The molecule has 31 heavy (non-hydrogen) atoms. The molecule has 1 saturated heterocycles. The summed E-state index contributed by atoms with van der Waals surface area (Å²) < 4.78 is 9.74. The van der Waals surface area contributed by atoms with E-state index in [1.54, 1.807) is 0 Å². The lowest BCUT2D eigenvalue weighted by molar-refractivity contribution is -0.160. The Balaban J connectivity index is 1.99. The van der Waals surface area contributed by atoms with E-state index in [4.69, 9.17) is 14.6 Å². The Hall–Kier alpha value is -1.47. The van der Waals surface area contributed by atoms with Gasteiger partial charge in [0.2, 0.25) is 6.10 Å². The minimum absolute atomic E-state index is 0.150. The van der Waals surface area contributed by atoms with Crippen molar-refractivity contribution in [1.29, 1.82) is 0 Å². The molecule has 1 aliphatic rings. The van der Waals surface area contributed by atoms with Crippen molar-refractivity contribution in [2.75, 3.05) is 6.61 Å². The first kappa shape index (κ1) is 27.6. The van der Waals surface area contributed by atoms with Crippen LogP contribution in [0, 0.1) is 5.92 Å². The predicted molar refractivity (Wildman–Crippen MR) is 117 cm³/mol. The fraction of sp³-hybridized carbons (Fsp3) is 0.875. The van der Waals surface area contributed by atoms with Crippen LogP contribution in [0.4, 0.5) is 0 Å². The molecule has 1 unspecified atom stereocenters. The Bertz CT molecular complexity index is 532. The Kier molecular flexibility index (Phi) is 14.4. The molecule has 2 N–H and O–H groups in total. The molecule has 7 heteroatoms. The molecule has 0 saturated carbocycles. The standard InChI is InChI=1S/C24H42O7/c1-18(2)15-13-11-9-7-5-3-4-6-8-10-12-14-16-20(27)30-23-21(28)24(29)31-22(23)19(26)17-25/h18-19,22-23,25-26H,3-17H2,1-2H3/t19-,22+,23?/m0/s1. The zero-order chi connectivity index (χ0) is 23.1. The molecule has 0 aromatic carbocycles.